The van der Waals surface area contributed by atoms with Crippen molar-refractivity contribution in [2.24, 2.45) is 0 Å². The zero-order valence-corrected chi connectivity index (χ0v) is 14.4. The number of benzene rings is 1. The maximum atomic E-state index is 6.33. The standard InChI is InChI=1S/C14H14BrClO3S/c1-17-8-4-13(20-7-8)14(15)9-5-11(18-2)12(19-3)6-10(9)16/h4-7,14H,1-3H3. The first-order chi connectivity index (χ1) is 9.60. The SMILES string of the molecule is COc1csc(C(Br)c2cc(OC)c(OC)cc2Cl)c1. The summed E-state index contributed by atoms with van der Waals surface area (Å²) in [6.07, 6.45) is 0. The van der Waals surface area contributed by atoms with Gasteiger partial charge in [-0.1, -0.05) is 27.5 Å². The van der Waals surface area contributed by atoms with Crippen LogP contribution in [0.15, 0.2) is 23.6 Å². The molecule has 0 saturated carbocycles. The van der Waals surface area contributed by atoms with Crippen molar-refractivity contribution in [3.8, 4) is 17.2 Å². The van der Waals surface area contributed by atoms with Gasteiger partial charge < -0.3 is 14.2 Å². The van der Waals surface area contributed by atoms with Gasteiger partial charge in [0.15, 0.2) is 11.5 Å². The summed E-state index contributed by atoms with van der Waals surface area (Å²) in [4.78, 5) is 1.08. The van der Waals surface area contributed by atoms with Crippen LogP contribution in [-0.4, -0.2) is 21.3 Å². The smallest absolute Gasteiger partial charge is 0.162 e. The summed E-state index contributed by atoms with van der Waals surface area (Å²) in [5, 5.41) is 2.58. The van der Waals surface area contributed by atoms with E-state index < -0.39 is 0 Å². The Morgan fingerprint density at radius 3 is 2.25 bits per heavy atom. The summed E-state index contributed by atoms with van der Waals surface area (Å²) in [7, 11) is 4.84. The first-order valence-electron chi connectivity index (χ1n) is 5.78. The van der Waals surface area contributed by atoms with Crippen molar-refractivity contribution in [3.05, 3.63) is 39.0 Å². The van der Waals surface area contributed by atoms with E-state index in [1.165, 1.54) is 0 Å². The van der Waals surface area contributed by atoms with E-state index in [9.17, 15) is 0 Å². The predicted molar refractivity (Wildman–Crippen MR) is 86.2 cm³/mol. The van der Waals surface area contributed by atoms with Crippen LogP contribution in [0.1, 0.15) is 15.3 Å². The van der Waals surface area contributed by atoms with Crippen molar-refractivity contribution in [2.45, 2.75) is 4.83 Å². The number of hydrogen-bond acceptors (Lipinski definition) is 4. The molecule has 0 bridgehead atoms. The Bertz CT molecular complexity index is 600. The number of halogens is 2. The minimum Gasteiger partial charge on any atom is -0.496 e. The molecule has 0 spiro atoms. The van der Waals surface area contributed by atoms with Crippen LogP contribution in [0.25, 0.3) is 0 Å². The molecule has 0 N–H and O–H groups in total. The summed E-state index contributed by atoms with van der Waals surface area (Å²) >= 11 is 11.6. The molecule has 0 saturated heterocycles. The van der Waals surface area contributed by atoms with E-state index in [4.69, 9.17) is 25.8 Å². The van der Waals surface area contributed by atoms with E-state index in [1.54, 1.807) is 38.7 Å². The summed E-state index contributed by atoms with van der Waals surface area (Å²) in [5.41, 5.74) is 0.925. The van der Waals surface area contributed by atoms with Gasteiger partial charge in [0.05, 0.1) is 26.2 Å². The lowest BCUT2D eigenvalue weighted by Gasteiger charge is -2.14. The monoisotopic (exact) mass is 376 g/mol. The Morgan fingerprint density at radius 2 is 1.70 bits per heavy atom. The molecule has 3 nitrogen and oxygen atoms in total. The molecule has 0 radical (unpaired) electrons. The molecule has 0 amide bonds. The Morgan fingerprint density at radius 1 is 1.05 bits per heavy atom. The van der Waals surface area contributed by atoms with Crippen LogP contribution in [0.2, 0.25) is 5.02 Å². The van der Waals surface area contributed by atoms with Crippen LogP contribution in [0.5, 0.6) is 17.2 Å². The van der Waals surface area contributed by atoms with E-state index in [0.29, 0.717) is 16.5 Å². The lowest BCUT2D eigenvalue weighted by atomic mass is 10.1. The number of alkyl halides is 1. The second-order valence-corrected chi connectivity index (χ2v) is 6.25. The molecule has 0 aliphatic rings. The Hall–Kier alpha value is -0.910. The van der Waals surface area contributed by atoms with Crippen molar-refractivity contribution < 1.29 is 14.2 Å². The van der Waals surface area contributed by atoms with Crippen LogP contribution in [-0.2, 0) is 0 Å². The molecule has 0 aliphatic carbocycles. The van der Waals surface area contributed by atoms with Crippen LogP contribution < -0.4 is 14.2 Å². The molecule has 1 unspecified atom stereocenters. The molecule has 2 aromatic rings. The molecule has 0 fully saturated rings. The first kappa shape index (κ1) is 15.5. The predicted octanol–water partition coefficient (Wildman–Crippen LogP) is 4.91. The highest BCUT2D eigenvalue weighted by Crippen LogP contribution is 2.43. The van der Waals surface area contributed by atoms with Gasteiger partial charge in [0.2, 0.25) is 0 Å². The maximum absolute atomic E-state index is 6.33. The molecule has 1 aromatic carbocycles. The highest BCUT2D eigenvalue weighted by molar-refractivity contribution is 9.09. The van der Waals surface area contributed by atoms with Gasteiger partial charge in [-0.3, -0.25) is 0 Å². The molecule has 20 heavy (non-hydrogen) atoms. The average molecular weight is 378 g/mol. The molecule has 108 valence electrons. The van der Waals surface area contributed by atoms with Gasteiger partial charge >= 0.3 is 0 Å². The third kappa shape index (κ3) is 3.05. The fourth-order valence-electron chi connectivity index (χ4n) is 1.79. The summed E-state index contributed by atoms with van der Waals surface area (Å²) in [6.45, 7) is 0. The quantitative estimate of drug-likeness (QED) is 0.693. The van der Waals surface area contributed by atoms with Crippen LogP contribution in [0.4, 0.5) is 0 Å². The zero-order valence-electron chi connectivity index (χ0n) is 11.3. The summed E-state index contributed by atoms with van der Waals surface area (Å²) in [6, 6.07) is 5.62. The fraction of sp³-hybridized carbons (Fsp3) is 0.286. The van der Waals surface area contributed by atoms with Crippen molar-refractivity contribution in [1.82, 2.24) is 0 Å². The summed E-state index contributed by atoms with van der Waals surface area (Å²) < 4.78 is 15.8. The largest absolute Gasteiger partial charge is 0.496 e. The molecular formula is C14H14BrClO3S. The first-order valence-corrected chi connectivity index (χ1v) is 7.96. The highest BCUT2D eigenvalue weighted by atomic mass is 79.9. The number of methoxy groups -OCH3 is 3. The van der Waals surface area contributed by atoms with E-state index in [-0.39, 0.29) is 4.83 Å². The minimum atomic E-state index is -0.0243. The molecule has 0 aliphatic heterocycles. The van der Waals surface area contributed by atoms with Crippen LogP contribution in [0, 0.1) is 0 Å². The van der Waals surface area contributed by atoms with E-state index >= 15 is 0 Å². The van der Waals surface area contributed by atoms with Gasteiger partial charge in [-0.2, -0.15) is 0 Å². The minimum absolute atomic E-state index is 0.0243. The van der Waals surface area contributed by atoms with Crippen molar-refractivity contribution in [3.63, 3.8) is 0 Å². The number of hydrogen-bond donors (Lipinski definition) is 0. The lowest BCUT2D eigenvalue weighted by molar-refractivity contribution is 0.354. The number of thiophene rings is 1. The molecule has 2 rings (SSSR count). The Kier molecular flexibility index (Phi) is 5.18. The van der Waals surface area contributed by atoms with Gasteiger partial charge in [-0.25, -0.2) is 0 Å². The van der Waals surface area contributed by atoms with Gasteiger partial charge in [0.1, 0.15) is 5.75 Å². The topological polar surface area (TPSA) is 27.7 Å². The van der Waals surface area contributed by atoms with E-state index in [2.05, 4.69) is 15.9 Å². The van der Waals surface area contributed by atoms with Gasteiger partial charge in [0, 0.05) is 21.3 Å². The normalized spacial score (nSPS) is 12.1. The molecule has 1 aromatic heterocycles. The Labute approximate surface area is 135 Å². The molecule has 6 heteroatoms. The van der Waals surface area contributed by atoms with E-state index in [0.717, 1.165) is 16.2 Å². The number of rotatable bonds is 5. The van der Waals surface area contributed by atoms with E-state index in [1.807, 2.05) is 17.5 Å². The van der Waals surface area contributed by atoms with Crippen molar-refractivity contribution in [1.29, 1.82) is 0 Å². The molecule has 1 heterocycles. The third-order valence-electron chi connectivity index (χ3n) is 2.86. The van der Waals surface area contributed by atoms with Gasteiger partial charge in [0.25, 0.3) is 0 Å². The van der Waals surface area contributed by atoms with Crippen molar-refractivity contribution in [2.75, 3.05) is 21.3 Å². The second kappa shape index (κ2) is 6.70. The van der Waals surface area contributed by atoms with Gasteiger partial charge in [-0.05, 0) is 17.7 Å². The second-order valence-electron chi connectivity index (χ2n) is 3.98. The Balaban J connectivity index is 2.40. The van der Waals surface area contributed by atoms with Gasteiger partial charge in [-0.15, -0.1) is 11.3 Å². The van der Waals surface area contributed by atoms with Crippen LogP contribution >= 0.6 is 38.9 Å². The molecular weight excluding hydrogens is 364 g/mol. The summed E-state index contributed by atoms with van der Waals surface area (Å²) in [5.74, 6) is 2.11. The average Bonchev–Trinajstić information content (AvgIpc) is 2.95. The lowest BCUT2D eigenvalue weighted by Crippen LogP contribution is -1.96. The number of ether oxygens (including phenoxy) is 3. The fourth-order valence-corrected chi connectivity index (χ4v) is 3.87. The third-order valence-corrected chi connectivity index (χ3v) is 5.45. The highest BCUT2D eigenvalue weighted by Gasteiger charge is 2.19. The van der Waals surface area contributed by atoms with Crippen LogP contribution in [0.3, 0.4) is 0 Å². The van der Waals surface area contributed by atoms with Crippen molar-refractivity contribution >= 4 is 38.9 Å². The zero-order chi connectivity index (χ0) is 14.7. The maximum Gasteiger partial charge on any atom is 0.162 e. The molecule has 1 atom stereocenters.